The van der Waals surface area contributed by atoms with Crippen molar-refractivity contribution in [1.82, 2.24) is 9.47 Å². The van der Waals surface area contributed by atoms with Gasteiger partial charge in [0.1, 0.15) is 5.69 Å². The maximum atomic E-state index is 13.0. The molecular weight excluding hydrogens is 412 g/mol. The SMILES string of the molecule is O=C(O)CCCC(=O)N1C[C@@H]2C[C@H](C1)c1ccc(NC(=O)Nc3ccccc3)c(=O)n1C2. The van der Waals surface area contributed by atoms with Crippen LogP contribution >= 0.6 is 0 Å². The van der Waals surface area contributed by atoms with E-state index in [1.807, 2.05) is 24.3 Å². The topological polar surface area (TPSA) is 121 Å². The highest BCUT2D eigenvalue weighted by molar-refractivity contribution is 5.99. The van der Waals surface area contributed by atoms with E-state index in [1.54, 1.807) is 27.7 Å². The highest BCUT2D eigenvalue weighted by Gasteiger charge is 2.36. The molecule has 3 N–H and O–H groups in total. The zero-order valence-electron chi connectivity index (χ0n) is 17.6. The highest BCUT2D eigenvalue weighted by atomic mass is 16.4. The lowest BCUT2D eigenvalue weighted by Gasteiger charge is -2.43. The van der Waals surface area contributed by atoms with Crippen LogP contribution in [0, 0.1) is 5.92 Å². The van der Waals surface area contributed by atoms with Gasteiger partial charge in [-0.1, -0.05) is 18.2 Å². The predicted molar refractivity (Wildman–Crippen MR) is 119 cm³/mol. The summed E-state index contributed by atoms with van der Waals surface area (Å²) in [4.78, 5) is 50.3. The second kappa shape index (κ2) is 9.25. The van der Waals surface area contributed by atoms with Crippen molar-refractivity contribution in [2.75, 3.05) is 23.7 Å². The van der Waals surface area contributed by atoms with Crippen molar-refractivity contribution in [2.45, 2.75) is 38.1 Å². The van der Waals surface area contributed by atoms with Crippen LogP contribution in [0.4, 0.5) is 16.2 Å². The summed E-state index contributed by atoms with van der Waals surface area (Å²) in [6.45, 7) is 1.56. The van der Waals surface area contributed by atoms with Gasteiger partial charge in [0.05, 0.1) is 0 Å². The number of pyridine rings is 1. The van der Waals surface area contributed by atoms with Gasteiger partial charge in [-0.05, 0) is 43.0 Å². The molecular formula is C23H26N4O5. The highest BCUT2D eigenvalue weighted by Crippen LogP contribution is 2.35. The first-order valence-corrected chi connectivity index (χ1v) is 10.8. The average Bonchev–Trinajstić information content (AvgIpc) is 2.76. The van der Waals surface area contributed by atoms with Gasteiger partial charge in [-0.2, -0.15) is 0 Å². The fourth-order valence-corrected chi connectivity index (χ4v) is 4.60. The van der Waals surface area contributed by atoms with E-state index in [9.17, 15) is 19.2 Å². The van der Waals surface area contributed by atoms with Crippen LogP contribution in [-0.2, 0) is 16.1 Å². The minimum Gasteiger partial charge on any atom is -0.481 e. The number of carboxylic acids is 1. The van der Waals surface area contributed by atoms with E-state index < -0.39 is 12.0 Å². The van der Waals surface area contributed by atoms with Gasteiger partial charge in [-0.3, -0.25) is 14.4 Å². The Balaban J connectivity index is 1.44. The minimum atomic E-state index is -0.900. The number of nitrogens with zero attached hydrogens (tertiary/aromatic N) is 2. The number of nitrogens with one attached hydrogen (secondary N) is 2. The third kappa shape index (κ3) is 4.82. The van der Waals surface area contributed by atoms with Gasteiger partial charge < -0.3 is 25.2 Å². The van der Waals surface area contributed by atoms with E-state index in [2.05, 4.69) is 10.6 Å². The largest absolute Gasteiger partial charge is 0.481 e. The molecule has 0 saturated carbocycles. The summed E-state index contributed by atoms with van der Waals surface area (Å²) < 4.78 is 1.71. The Hall–Kier alpha value is -3.62. The monoisotopic (exact) mass is 438 g/mol. The van der Waals surface area contributed by atoms with Crippen LogP contribution in [0.1, 0.15) is 37.3 Å². The molecule has 9 nitrogen and oxygen atoms in total. The summed E-state index contributed by atoms with van der Waals surface area (Å²) in [5.74, 6) is -0.738. The molecule has 1 aromatic carbocycles. The number of hydrogen-bond donors (Lipinski definition) is 3. The Bertz CT molecular complexity index is 1080. The molecule has 168 valence electrons. The predicted octanol–water partition coefficient (Wildman–Crippen LogP) is 2.69. The number of piperidine rings is 1. The molecule has 2 aliphatic rings. The Morgan fingerprint density at radius 3 is 2.50 bits per heavy atom. The van der Waals surface area contributed by atoms with E-state index in [-0.39, 0.29) is 41.8 Å². The van der Waals surface area contributed by atoms with Gasteiger partial charge >= 0.3 is 12.0 Å². The number of aromatic nitrogens is 1. The average molecular weight is 438 g/mol. The number of carbonyl (C=O) groups is 3. The van der Waals surface area contributed by atoms with E-state index >= 15 is 0 Å². The molecule has 3 heterocycles. The van der Waals surface area contributed by atoms with Crippen molar-refractivity contribution in [1.29, 1.82) is 0 Å². The maximum Gasteiger partial charge on any atom is 0.323 e. The summed E-state index contributed by atoms with van der Waals surface area (Å²) in [6, 6.07) is 12.0. The number of carbonyl (C=O) groups excluding carboxylic acids is 2. The van der Waals surface area contributed by atoms with Crippen LogP contribution in [-0.4, -0.2) is 45.6 Å². The molecule has 1 fully saturated rings. The number of aliphatic carboxylic acids is 1. The first kappa shape index (κ1) is 21.6. The molecule has 2 atom stereocenters. The van der Waals surface area contributed by atoms with E-state index in [0.29, 0.717) is 31.7 Å². The molecule has 32 heavy (non-hydrogen) atoms. The zero-order valence-corrected chi connectivity index (χ0v) is 17.6. The fourth-order valence-electron chi connectivity index (χ4n) is 4.60. The number of likely N-dealkylation sites (tertiary alicyclic amines) is 1. The maximum absolute atomic E-state index is 13.0. The minimum absolute atomic E-state index is 0.0156. The van der Waals surface area contributed by atoms with Gasteiger partial charge in [-0.25, -0.2) is 4.79 Å². The molecule has 2 aromatic rings. The second-order valence-corrected chi connectivity index (χ2v) is 8.38. The first-order valence-electron chi connectivity index (χ1n) is 10.8. The molecule has 2 bridgehead atoms. The van der Waals surface area contributed by atoms with Crippen molar-refractivity contribution < 1.29 is 19.5 Å². The van der Waals surface area contributed by atoms with Crippen LogP contribution < -0.4 is 16.2 Å². The molecule has 9 heteroatoms. The normalized spacial score (nSPS) is 19.1. The Morgan fingerprint density at radius 2 is 1.75 bits per heavy atom. The lowest BCUT2D eigenvalue weighted by Crippen LogP contribution is -2.49. The molecule has 1 aromatic heterocycles. The first-order chi connectivity index (χ1) is 15.4. The lowest BCUT2D eigenvalue weighted by atomic mass is 9.83. The van der Waals surface area contributed by atoms with Gasteiger partial charge in [0.25, 0.3) is 5.56 Å². The number of fused-ring (bicyclic) bond motifs is 4. The number of carboxylic acid groups (broad SMARTS) is 1. The summed E-state index contributed by atoms with van der Waals surface area (Å²) in [5.41, 5.74) is 1.46. The van der Waals surface area contributed by atoms with Crippen molar-refractivity contribution in [2.24, 2.45) is 5.92 Å². The number of hydrogen-bond acceptors (Lipinski definition) is 4. The summed E-state index contributed by atoms with van der Waals surface area (Å²) in [6.07, 6.45) is 1.44. The second-order valence-electron chi connectivity index (χ2n) is 8.38. The van der Waals surface area contributed by atoms with E-state index in [0.717, 1.165) is 12.1 Å². The third-order valence-corrected chi connectivity index (χ3v) is 6.02. The number of rotatable bonds is 6. The van der Waals surface area contributed by atoms with Crippen molar-refractivity contribution in [3.8, 4) is 0 Å². The number of urea groups is 1. The number of para-hydroxylation sites is 1. The molecule has 1 saturated heterocycles. The van der Waals surface area contributed by atoms with Crippen LogP contribution in [0.15, 0.2) is 47.3 Å². The number of amides is 3. The van der Waals surface area contributed by atoms with Crippen molar-refractivity contribution >= 4 is 29.3 Å². The van der Waals surface area contributed by atoms with Crippen molar-refractivity contribution in [3.63, 3.8) is 0 Å². The van der Waals surface area contributed by atoms with Crippen molar-refractivity contribution in [3.05, 3.63) is 58.5 Å². The summed E-state index contributed by atoms with van der Waals surface area (Å²) >= 11 is 0. The summed E-state index contributed by atoms with van der Waals surface area (Å²) in [7, 11) is 0. The van der Waals surface area contributed by atoms with E-state index in [1.165, 1.54) is 0 Å². The quantitative estimate of drug-likeness (QED) is 0.640. The number of benzene rings is 1. The fraction of sp³-hybridized carbons (Fsp3) is 0.391. The Kier molecular flexibility index (Phi) is 6.25. The molecule has 0 unspecified atom stereocenters. The zero-order chi connectivity index (χ0) is 22.7. The molecule has 4 rings (SSSR count). The lowest BCUT2D eigenvalue weighted by molar-refractivity contribution is -0.137. The van der Waals surface area contributed by atoms with Gasteiger partial charge in [0, 0.05) is 49.8 Å². The van der Waals surface area contributed by atoms with Crippen LogP contribution in [0.25, 0.3) is 0 Å². The Labute approximate surface area is 185 Å². The molecule has 2 aliphatic heterocycles. The standard InChI is InChI=1S/C23H26N4O5/c28-20(7-4-8-21(29)30)26-12-15-11-16(14-26)19-10-9-18(22(31)27(19)13-15)25-23(32)24-17-5-2-1-3-6-17/h1-3,5-6,9-10,15-16H,4,7-8,11-14H2,(H,29,30)(H2,24,25,32)/t15-,16+/m0/s1. The van der Waals surface area contributed by atoms with Gasteiger partial charge in [0.15, 0.2) is 0 Å². The van der Waals surface area contributed by atoms with Gasteiger partial charge in [0.2, 0.25) is 5.91 Å². The molecule has 0 radical (unpaired) electrons. The molecule has 0 aliphatic carbocycles. The summed E-state index contributed by atoms with van der Waals surface area (Å²) in [5, 5.41) is 14.1. The Morgan fingerprint density at radius 1 is 0.969 bits per heavy atom. The van der Waals surface area contributed by atoms with E-state index in [4.69, 9.17) is 5.11 Å². The number of anilines is 2. The van der Waals surface area contributed by atoms with Crippen LogP contribution in [0.3, 0.4) is 0 Å². The van der Waals surface area contributed by atoms with Crippen LogP contribution in [0.2, 0.25) is 0 Å². The van der Waals surface area contributed by atoms with Crippen LogP contribution in [0.5, 0.6) is 0 Å². The molecule has 0 spiro atoms. The van der Waals surface area contributed by atoms with Gasteiger partial charge in [-0.15, -0.1) is 0 Å². The molecule has 3 amide bonds. The third-order valence-electron chi connectivity index (χ3n) is 6.02. The smallest absolute Gasteiger partial charge is 0.323 e.